The van der Waals surface area contributed by atoms with Crippen molar-refractivity contribution in [1.29, 1.82) is 5.26 Å². The first-order valence-corrected chi connectivity index (χ1v) is 10.3. The summed E-state index contributed by atoms with van der Waals surface area (Å²) in [5.74, 6) is 0.770. The van der Waals surface area contributed by atoms with Crippen molar-refractivity contribution in [3.05, 3.63) is 0 Å². The number of nitriles is 1. The molecule has 3 nitrogen and oxygen atoms in total. The Morgan fingerprint density at radius 3 is 2.46 bits per heavy atom. The summed E-state index contributed by atoms with van der Waals surface area (Å²) >= 11 is 0. The second-order valence-electron chi connectivity index (χ2n) is 8.04. The summed E-state index contributed by atoms with van der Waals surface area (Å²) in [6.07, 6.45) is 16.3. The number of carbonyl (C=O) groups is 1. The Balaban J connectivity index is 1.83. The molecule has 2 rings (SSSR count). The zero-order valence-electron chi connectivity index (χ0n) is 15.5. The molecule has 0 bridgehead atoms. The molecular weight excluding hydrogens is 298 g/mol. The van der Waals surface area contributed by atoms with Gasteiger partial charge in [-0.2, -0.15) is 5.26 Å². The van der Waals surface area contributed by atoms with Crippen LogP contribution < -0.4 is 0 Å². The third kappa shape index (κ3) is 5.50. The topological polar surface area (TPSA) is 50.1 Å². The lowest BCUT2D eigenvalue weighted by Crippen LogP contribution is -2.38. The normalized spacial score (nSPS) is 26.5. The van der Waals surface area contributed by atoms with E-state index in [1.54, 1.807) is 0 Å². The minimum Gasteiger partial charge on any atom is -0.462 e. The third-order valence-electron chi connectivity index (χ3n) is 6.23. The summed E-state index contributed by atoms with van der Waals surface area (Å²) < 4.78 is 6.01. The largest absolute Gasteiger partial charge is 0.462 e. The van der Waals surface area contributed by atoms with E-state index in [1.807, 2.05) is 0 Å². The van der Waals surface area contributed by atoms with Gasteiger partial charge in [0.2, 0.25) is 0 Å². The van der Waals surface area contributed by atoms with Crippen molar-refractivity contribution >= 4 is 5.97 Å². The van der Waals surface area contributed by atoms with E-state index in [-0.39, 0.29) is 17.5 Å². The molecule has 0 atom stereocenters. The maximum atomic E-state index is 13.0. The predicted molar refractivity (Wildman–Crippen MR) is 96.3 cm³/mol. The molecule has 3 heteroatoms. The van der Waals surface area contributed by atoms with E-state index in [2.05, 4.69) is 13.0 Å². The molecule has 2 saturated carbocycles. The molecule has 0 heterocycles. The molecular formula is C21H35NO2. The number of hydrogen-bond acceptors (Lipinski definition) is 3. The lowest BCUT2D eigenvalue weighted by atomic mass is 9.70. The van der Waals surface area contributed by atoms with Gasteiger partial charge in [0.05, 0.1) is 11.5 Å². The summed E-state index contributed by atoms with van der Waals surface area (Å²) in [5, 5.41) is 8.71. The summed E-state index contributed by atoms with van der Waals surface area (Å²) in [5.41, 5.74) is -0.176. The molecule has 0 saturated heterocycles. The van der Waals surface area contributed by atoms with Crippen molar-refractivity contribution in [2.75, 3.05) is 0 Å². The first-order valence-electron chi connectivity index (χ1n) is 10.3. The van der Waals surface area contributed by atoms with Gasteiger partial charge in [0, 0.05) is 6.42 Å². The fourth-order valence-corrected chi connectivity index (χ4v) is 4.58. The van der Waals surface area contributed by atoms with Crippen LogP contribution >= 0.6 is 0 Å². The molecule has 136 valence electrons. The molecule has 0 amide bonds. The highest BCUT2D eigenvalue weighted by molar-refractivity contribution is 5.77. The summed E-state index contributed by atoms with van der Waals surface area (Å²) in [4.78, 5) is 13.0. The maximum absolute atomic E-state index is 13.0. The van der Waals surface area contributed by atoms with Gasteiger partial charge in [-0.25, -0.2) is 0 Å². The zero-order chi connectivity index (χ0) is 17.3. The Morgan fingerprint density at radius 2 is 1.83 bits per heavy atom. The molecule has 0 N–H and O–H groups in total. The SMILES string of the molecule is CCCCCC1(C(=O)OC2CCC(CCC#N)CC2)CCCCC1. The first kappa shape index (κ1) is 19.3. The highest BCUT2D eigenvalue weighted by atomic mass is 16.5. The lowest BCUT2D eigenvalue weighted by Gasteiger charge is -2.37. The molecule has 2 aliphatic rings. The predicted octanol–water partition coefficient (Wildman–Crippen LogP) is 5.92. The van der Waals surface area contributed by atoms with E-state index >= 15 is 0 Å². The molecule has 0 radical (unpaired) electrons. The van der Waals surface area contributed by atoms with Crippen LogP contribution in [0.15, 0.2) is 0 Å². The van der Waals surface area contributed by atoms with Crippen molar-refractivity contribution in [3.63, 3.8) is 0 Å². The van der Waals surface area contributed by atoms with E-state index < -0.39 is 0 Å². The summed E-state index contributed by atoms with van der Waals surface area (Å²) in [6, 6.07) is 2.25. The summed E-state index contributed by atoms with van der Waals surface area (Å²) in [6.45, 7) is 2.22. The second-order valence-corrected chi connectivity index (χ2v) is 8.04. The maximum Gasteiger partial charge on any atom is 0.312 e. The fraction of sp³-hybridized carbons (Fsp3) is 0.905. The highest BCUT2D eigenvalue weighted by Gasteiger charge is 2.41. The van der Waals surface area contributed by atoms with Gasteiger partial charge in [-0.3, -0.25) is 4.79 Å². The number of carbonyl (C=O) groups excluding carboxylic acids is 1. The van der Waals surface area contributed by atoms with Gasteiger partial charge in [0.1, 0.15) is 6.10 Å². The smallest absolute Gasteiger partial charge is 0.312 e. The first-order chi connectivity index (χ1) is 11.7. The van der Waals surface area contributed by atoms with Crippen LogP contribution in [0.4, 0.5) is 0 Å². The van der Waals surface area contributed by atoms with Gasteiger partial charge in [-0.1, -0.05) is 45.4 Å². The number of ether oxygens (including phenoxy) is 1. The molecule has 0 aromatic rings. The van der Waals surface area contributed by atoms with Crippen molar-refractivity contribution < 1.29 is 9.53 Å². The van der Waals surface area contributed by atoms with E-state index in [0.29, 0.717) is 12.3 Å². The monoisotopic (exact) mass is 333 g/mol. The van der Waals surface area contributed by atoms with E-state index in [1.165, 1.54) is 32.1 Å². The third-order valence-corrected chi connectivity index (χ3v) is 6.23. The molecule has 0 aromatic carbocycles. The van der Waals surface area contributed by atoms with Gasteiger partial charge in [0.15, 0.2) is 0 Å². The number of nitrogens with zero attached hydrogens (tertiary/aromatic N) is 1. The molecule has 24 heavy (non-hydrogen) atoms. The number of esters is 1. The number of rotatable bonds is 8. The van der Waals surface area contributed by atoms with Gasteiger partial charge in [-0.05, 0) is 57.3 Å². The van der Waals surface area contributed by atoms with Crippen LogP contribution in [0.25, 0.3) is 0 Å². The van der Waals surface area contributed by atoms with E-state index in [0.717, 1.165) is 57.8 Å². The molecule has 0 spiro atoms. The van der Waals surface area contributed by atoms with Crippen LogP contribution in [0, 0.1) is 22.7 Å². The zero-order valence-corrected chi connectivity index (χ0v) is 15.5. The molecule has 2 fully saturated rings. The average molecular weight is 334 g/mol. The van der Waals surface area contributed by atoms with Crippen molar-refractivity contribution in [1.82, 2.24) is 0 Å². The fourth-order valence-electron chi connectivity index (χ4n) is 4.58. The van der Waals surface area contributed by atoms with E-state index in [9.17, 15) is 4.79 Å². The van der Waals surface area contributed by atoms with Crippen LogP contribution in [0.2, 0.25) is 0 Å². The van der Waals surface area contributed by atoms with Crippen LogP contribution in [0.5, 0.6) is 0 Å². The quantitative estimate of drug-likeness (QED) is 0.409. The number of hydrogen-bond donors (Lipinski definition) is 0. The lowest BCUT2D eigenvalue weighted by molar-refractivity contribution is -0.166. The van der Waals surface area contributed by atoms with Crippen molar-refractivity contribution in [2.45, 2.75) is 109 Å². The number of unbranched alkanes of at least 4 members (excludes halogenated alkanes) is 2. The average Bonchev–Trinajstić information content (AvgIpc) is 2.62. The van der Waals surface area contributed by atoms with Gasteiger partial charge < -0.3 is 4.74 Å². The molecule has 0 unspecified atom stereocenters. The Bertz CT molecular complexity index is 412. The minimum absolute atomic E-state index is 0.110. The second kappa shape index (κ2) is 10.1. The van der Waals surface area contributed by atoms with E-state index in [4.69, 9.17) is 10.00 Å². The van der Waals surface area contributed by atoms with Gasteiger partial charge in [0.25, 0.3) is 0 Å². The molecule has 2 aliphatic carbocycles. The standard InChI is InChI=1S/C21H35NO2/c1-2-3-5-14-21(15-6-4-7-16-21)20(23)24-19-12-10-18(11-13-19)9-8-17-22/h18-19H,2-16H2,1H3. The Kier molecular flexibility index (Phi) is 8.09. The van der Waals surface area contributed by atoms with Crippen LogP contribution in [0.3, 0.4) is 0 Å². The summed E-state index contributed by atoms with van der Waals surface area (Å²) in [7, 11) is 0. The van der Waals surface area contributed by atoms with Crippen LogP contribution in [0.1, 0.15) is 103 Å². The van der Waals surface area contributed by atoms with Gasteiger partial charge in [-0.15, -0.1) is 0 Å². The van der Waals surface area contributed by atoms with Crippen LogP contribution in [-0.4, -0.2) is 12.1 Å². The molecule has 0 aromatic heterocycles. The highest BCUT2D eigenvalue weighted by Crippen LogP contribution is 2.43. The molecule has 0 aliphatic heterocycles. The Hall–Kier alpha value is -1.04. The van der Waals surface area contributed by atoms with Crippen molar-refractivity contribution in [2.24, 2.45) is 11.3 Å². The van der Waals surface area contributed by atoms with Crippen LogP contribution in [-0.2, 0) is 9.53 Å². The van der Waals surface area contributed by atoms with Crippen molar-refractivity contribution in [3.8, 4) is 6.07 Å². The van der Waals surface area contributed by atoms with Gasteiger partial charge >= 0.3 is 5.97 Å². The minimum atomic E-state index is -0.176. The Morgan fingerprint density at radius 1 is 1.12 bits per heavy atom. The Labute approximate surface area is 148 Å².